The van der Waals surface area contributed by atoms with E-state index in [-0.39, 0.29) is 18.7 Å². The molecule has 0 spiro atoms. The number of carbonyl (C=O) groups excluding carboxylic acids is 2. The minimum Gasteiger partial charge on any atom is -0.497 e. The predicted molar refractivity (Wildman–Crippen MR) is 122 cm³/mol. The van der Waals surface area contributed by atoms with Crippen LogP contribution in [0, 0.1) is 11.8 Å². The molecule has 0 bridgehead atoms. The van der Waals surface area contributed by atoms with Gasteiger partial charge in [0.2, 0.25) is 5.60 Å². The van der Waals surface area contributed by atoms with E-state index in [4.69, 9.17) is 9.47 Å². The average molecular weight is 445 g/mol. The minimum absolute atomic E-state index is 0.140. The van der Waals surface area contributed by atoms with E-state index in [1.165, 1.54) is 4.90 Å². The summed E-state index contributed by atoms with van der Waals surface area (Å²) in [6.07, 6.45) is 0.259. The number of hydrogen-bond acceptors (Lipinski definition) is 7. The monoisotopic (exact) mass is 445 g/mol. The number of rotatable bonds is 4. The Morgan fingerprint density at radius 3 is 2.76 bits per heavy atom. The number of ether oxygens (including phenoxy) is 2. The first kappa shape index (κ1) is 22.2. The second-order valence-electron chi connectivity index (χ2n) is 7.67. The van der Waals surface area contributed by atoms with Crippen LogP contribution < -0.4 is 4.74 Å². The van der Waals surface area contributed by atoms with Gasteiger partial charge < -0.3 is 19.5 Å². The maximum atomic E-state index is 12.6. The molecular formula is C25H23N3O5. The Hall–Kier alpha value is -3.96. The quantitative estimate of drug-likeness (QED) is 0.486. The van der Waals surface area contributed by atoms with Gasteiger partial charge in [0.05, 0.1) is 19.2 Å². The SMILES string of the molecule is CCOC(=O)c1nc(-c2cccc(C#C[C@]3(O)CCN(C)C3=O)c2)nc2ccc(OC)cc12. The van der Waals surface area contributed by atoms with E-state index in [1.807, 2.05) is 0 Å². The third-order valence-electron chi connectivity index (χ3n) is 5.42. The Morgan fingerprint density at radius 1 is 1.24 bits per heavy atom. The zero-order valence-corrected chi connectivity index (χ0v) is 18.6. The van der Waals surface area contributed by atoms with Crippen molar-refractivity contribution in [2.45, 2.75) is 18.9 Å². The van der Waals surface area contributed by atoms with Crippen LogP contribution in [0.5, 0.6) is 5.75 Å². The number of aliphatic hydroxyl groups is 1. The lowest BCUT2D eigenvalue weighted by Crippen LogP contribution is -2.37. The molecule has 1 amide bonds. The zero-order valence-electron chi connectivity index (χ0n) is 18.6. The highest BCUT2D eigenvalue weighted by atomic mass is 16.5. The summed E-state index contributed by atoms with van der Waals surface area (Å²) in [6.45, 7) is 2.40. The van der Waals surface area contributed by atoms with Crippen molar-refractivity contribution in [2.75, 3.05) is 27.3 Å². The number of hydrogen-bond donors (Lipinski definition) is 1. The predicted octanol–water partition coefficient (Wildman–Crippen LogP) is 2.43. The summed E-state index contributed by atoms with van der Waals surface area (Å²) in [4.78, 5) is 35.3. The summed E-state index contributed by atoms with van der Waals surface area (Å²) in [5.41, 5.74) is 0.238. The summed E-state index contributed by atoms with van der Waals surface area (Å²) in [5.74, 6) is 5.54. The molecule has 168 valence electrons. The molecule has 2 heterocycles. The lowest BCUT2D eigenvalue weighted by molar-refractivity contribution is -0.137. The van der Waals surface area contributed by atoms with Crippen molar-refractivity contribution in [2.24, 2.45) is 0 Å². The Labute approximate surface area is 191 Å². The third-order valence-corrected chi connectivity index (χ3v) is 5.42. The molecule has 1 atom stereocenters. The Bertz CT molecular complexity index is 1310. The lowest BCUT2D eigenvalue weighted by atomic mass is 10.0. The number of likely N-dealkylation sites (tertiary alicyclic amines) is 1. The van der Waals surface area contributed by atoms with E-state index < -0.39 is 17.5 Å². The van der Waals surface area contributed by atoms with Crippen LogP contribution in [-0.4, -0.2) is 64.8 Å². The normalized spacial score (nSPS) is 17.6. The van der Waals surface area contributed by atoms with Gasteiger partial charge in [0.1, 0.15) is 5.75 Å². The van der Waals surface area contributed by atoms with Crippen LogP contribution in [0.1, 0.15) is 29.4 Å². The van der Waals surface area contributed by atoms with Crippen LogP contribution in [-0.2, 0) is 9.53 Å². The minimum atomic E-state index is -1.68. The van der Waals surface area contributed by atoms with Gasteiger partial charge in [-0.05, 0) is 37.3 Å². The van der Waals surface area contributed by atoms with E-state index in [0.717, 1.165) is 0 Å². The maximum absolute atomic E-state index is 12.6. The molecule has 0 saturated carbocycles. The summed E-state index contributed by atoms with van der Waals surface area (Å²) >= 11 is 0. The van der Waals surface area contributed by atoms with Crippen LogP contribution in [0.25, 0.3) is 22.3 Å². The van der Waals surface area contributed by atoms with Crippen molar-refractivity contribution in [3.8, 4) is 29.0 Å². The topological polar surface area (TPSA) is 102 Å². The molecule has 8 nitrogen and oxygen atoms in total. The number of likely N-dealkylation sites (N-methyl/N-ethyl adjacent to an activating group) is 1. The second-order valence-corrected chi connectivity index (χ2v) is 7.67. The molecular weight excluding hydrogens is 422 g/mol. The number of methoxy groups -OCH3 is 1. The first-order valence-electron chi connectivity index (χ1n) is 10.5. The van der Waals surface area contributed by atoms with Gasteiger partial charge in [-0.25, -0.2) is 14.8 Å². The molecule has 0 unspecified atom stereocenters. The molecule has 2 aromatic carbocycles. The van der Waals surface area contributed by atoms with Crippen molar-refractivity contribution in [3.05, 3.63) is 53.7 Å². The van der Waals surface area contributed by atoms with E-state index in [2.05, 4.69) is 21.8 Å². The molecule has 1 aliphatic heterocycles. The third kappa shape index (κ3) is 4.36. The molecule has 1 aliphatic rings. The Morgan fingerprint density at radius 2 is 2.06 bits per heavy atom. The molecule has 0 radical (unpaired) electrons. The number of fused-ring (bicyclic) bond motifs is 1. The fourth-order valence-corrected chi connectivity index (χ4v) is 3.60. The number of nitrogens with zero attached hydrogens (tertiary/aromatic N) is 3. The highest BCUT2D eigenvalue weighted by Crippen LogP contribution is 2.26. The largest absolute Gasteiger partial charge is 0.497 e. The number of aromatic nitrogens is 2. The zero-order chi connectivity index (χ0) is 23.6. The van der Waals surface area contributed by atoms with Gasteiger partial charge in [-0.2, -0.15) is 0 Å². The first-order valence-corrected chi connectivity index (χ1v) is 10.5. The van der Waals surface area contributed by atoms with Crippen LogP contribution in [0.15, 0.2) is 42.5 Å². The van der Waals surface area contributed by atoms with Crippen molar-refractivity contribution in [3.63, 3.8) is 0 Å². The molecule has 4 rings (SSSR count). The Balaban J connectivity index is 1.76. The van der Waals surface area contributed by atoms with Crippen molar-refractivity contribution in [1.82, 2.24) is 14.9 Å². The Kier molecular flexibility index (Phi) is 5.99. The molecule has 33 heavy (non-hydrogen) atoms. The van der Waals surface area contributed by atoms with Crippen molar-refractivity contribution in [1.29, 1.82) is 0 Å². The molecule has 1 fully saturated rings. The fourth-order valence-electron chi connectivity index (χ4n) is 3.60. The van der Waals surface area contributed by atoms with Crippen LogP contribution in [0.3, 0.4) is 0 Å². The van der Waals surface area contributed by atoms with E-state index in [9.17, 15) is 14.7 Å². The van der Waals surface area contributed by atoms with Gasteiger partial charge in [0, 0.05) is 36.5 Å². The average Bonchev–Trinajstić information content (AvgIpc) is 3.09. The lowest BCUT2D eigenvalue weighted by Gasteiger charge is -2.13. The van der Waals surface area contributed by atoms with Crippen LogP contribution >= 0.6 is 0 Å². The van der Waals surface area contributed by atoms with Crippen molar-refractivity contribution >= 4 is 22.8 Å². The van der Waals surface area contributed by atoms with Gasteiger partial charge >= 0.3 is 5.97 Å². The van der Waals surface area contributed by atoms with Gasteiger partial charge in [0.15, 0.2) is 11.5 Å². The molecule has 1 aromatic heterocycles. The first-order chi connectivity index (χ1) is 15.8. The number of benzene rings is 2. The molecule has 8 heteroatoms. The van der Waals surface area contributed by atoms with Gasteiger partial charge in [-0.3, -0.25) is 4.79 Å². The van der Waals surface area contributed by atoms with E-state index in [1.54, 1.807) is 63.5 Å². The molecule has 1 saturated heterocycles. The molecule has 0 aliphatic carbocycles. The highest BCUT2D eigenvalue weighted by molar-refractivity contribution is 6.02. The molecule has 3 aromatic rings. The second kappa shape index (κ2) is 8.88. The van der Waals surface area contributed by atoms with Gasteiger partial charge in [0.25, 0.3) is 5.91 Å². The summed E-state index contributed by atoms with van der Waals surface area (Å²) < 4.78 is 10.5. The number of carbonyl (C=O) groups is 2. The van der Waals surface area contributed by atoms with E-state index in [0.29, 0.717) is 40.1 Å². The van der Waals surface area contributed by atoms with Crippen LogP contribution in [0.4, 0.5) is 0 Å². The van der Waals surface area contributed by atoms with Crippen molar-refractivity contribution < 1.29 is 24.2 Å². The van der Waals surface area contributed by atoms with E-state index >= 15 is 0 Å². The highest BCUT2D eigenvalue weighted by Gasteiger charge is 2.42. The summed E-state index contributed by atoms with van der Waals surface area (Å²) in [5, 5.41) is 11.1. The fraction of sp³-hybridized carbons (Fsp3) is 0.280. The summed E-state index contributed by atoms with van der Waals surface area (Å²) in [6, 6.07) is 12.3. The summed E-state index contributed by atoms with van der Waals surface area (Å²) in [7, 11) is 3.18. The standard InChI is InChI=1S/C25H23N3O5/c1-4-33-23(29)21-19-15-18(32-3)8-9-20(19)26-22(27-21)17-7-5-6-16(14-17)10-11-25(31)12-13-28(2)24(25)30/h5-9,14-15,31H,4,12-13H2,1-3H3/t25-/m0/s1. The van der Waals surface area contributed by atoms with Crippen LogP contribution in [0.2, 0.25) is 0 Å². The number of esters is 1. The van der Waals surface area contributed by atoms with Gasteiger partial charge in [-0.15, -0.1) is 0 Å². The maximum Gasteiger partial charge on any atom is 0.357 e. The van der Waals surface area contributed by atoms with Gasteiger partial charge in [-0.1, -0.05) is 24.0 Å². The smallest absolute Gasteiger partial charge is 0.357 e. The number of amides is 1. The molecule has 1 N–H and O–H groups in total.